The second-order valence-electron chi connectivity index (χ2n) is 6.55. The van der Waals surface area contributed by atoms with E-state index < -0.39 is 0 Å². The molecule has 3 nitrogen and oxygen atoms in total. The number of carbonyl (C=O) groups is 1. The largest absolute Gasteiger partial charge is 0.465 e. The summed E-state index contributed by atoms with van der Waals surface area (Å²) in [6, 6.07) is 6.40. The normalized spacial score (nSPS) is 22.1. The molecule has 21 heavy (non-hydrogen) atoms. The zero-order valence-electron chi connectivity index (χ0n) is 13.6. The smallest absolute Gasteiger partial charge is 0.339 e. The third-order valence-corrected chi connectivity index (χ3v) is 4.60. The van der Waals surface area contributed by atoms with Crippen molar-refractivity contribution in [3.63, 3.8) is 0 Å². The first-order valence-corrected chi connectivity index (χ1v) is 7.96. The molecular formula is C18H27NO2. The second-order valence-corrected chi connectivity index (χ2v) is 6.55. The summed E-state index contributed by atoms with van der Waals surface area (Å²) in [5.74, 6) is 1.24. The molecule has 2 atom stereocenters. The van der Waals surface area contributed by atoms with Crippen molar-refractivity contribution in [2.75, 3.05) is 12.4 Å². The molecule has 0 amide bonds. The molecule has 3 heteroatoms. The van der Waals surface area contributed by atoms with Crippen molar-refractivity contribution in [2.24, 2.45) is 11.8 Å². The molecule has 1 saturated carbocycles. The number of esters is 1. The molecule has 1 aliphatic carbocycles. The number of rotatable bonds is 4. The number of carbonyl (C=O) groups excluding carboxylic acids is 1. The van der Waals surface area contributed by atoms with Crippen molar-refractivity contribution in [1.29, 1.82) is 0 Å². The monoisotopic (exact) mass is 289 g/mol. The van der Waals surface area contributed by atoms with Crippen LogP contribution in [0, 0.1) is 18.8 Å². The Balaban J connectivity index is 2.13. The molecule has 116 valence electrons. The van der Waals surface area contributed by atoms with E-state index in [9.17, 15) is 4.79 Å². The third kappa shape index (κ3) is 3.99. The van der Waals surface area contributed by atoms with Gasteiger partial charge in [0, 0.05) is 11.7 Å². The van der Waals surface area contributed by atoms with Crippen molar-refractivity contribution in [1.82, 2.24) is 0 Å². The Morgan fingerprint density at radius 3 is 2.76 bits per heavy atom. The van der Waals surface area contributed by atoms with E-state index in [1.807, 2.05) is 25.1 Å². The highest BCUT2D eigenvalue weighted by molar-refractivity contribution is 5.95. The van der Waals surface area contributed by atoms with Gasteiger partial charge in [0.15, 0.2) is 0 Å². The van der Waals surface area contributed by atoms with Gasteiger partial charge in [-0.2, -0.15) is 0 Å². The third-order valence-electron chi connectivity index (χ3n) is 4.60. The fourth-order valence-electron chi connectivity index (χ4n) is 3.25. The zero-order valence-corrected chi connectivity index (χ0v) is 13.6. The van der Waals surface area contributed by atoms with E-state index in [0.717, 1.165) is 23.1 Å². The second kappa shape index (κ2) is 6.97. The minimum Gasteiger partial charge on any atom is -0.465 e. The Morgan fingerprint density at radius 2 is 2.10 bits per heavy atom. The first-order chi connectivity index (χ1) is 10.0. The number of nitrogens with one attached hydrogen (secondary N) is 1. The molecule has 0 spiro atoms. The Bertz CT molecular complexity index is 496. The molecular weight excluding hydrogens is 262 g/mol. The van der Waals surface area contributed by atoms with Gasteiger partial charge in [0.25, 0.3) is 0 Å². The number of anilines is 1. The molecule has 0 radical (unpaired) electrons. The van der Waals surface area contributed by atoms with Gasteiger partial charge in [-0.1, -0.05) is 38.3 Å². The molecule has 0 bridgehead atoms. The van der Waals surface area contributed by atoms with Crippen LogP contribution in [0.15, 0.2) is 18.2 Å². The minimum atomic E-state index is -0.266. The first kappa shape index (κ1) is 15.9. The van der Waals surface area contributed by atoms with Gasteiger partial charge in [-0.05, 0) is 43.7 Å². The van der Waals surface area contributed by atoms with E-state index in [4.69, 9.17) is 4.74 Å². The van der Waals surface area contributed by atoms with E-state index in [0.29, 0.717) is 11.6 Å². The van der Waals surface area contributed by atoms with Gasteiger partial charge in [0.05, 0.1) is 12.7 Å². The first-order valence-electron chi connectivity index (χ1n) is 7.96. The van der Waals surface area contributed by atoms with Crippen molar-refractivity contribution >= 4 is 11.7 Å². The highest BCUT2D eigenvalue weighted by atomic mass is 16.5. The summed E-state index contributed by atoms with van der Waals surface area (Å²) in [6.07, 6.45) is 4.96. The number of benzene rings is 1. The lowest BCUT2D eigenvalue weighted by molar-refractivity contribution is 0.0601. The van der Waals surface area contributed by atoms with Crippen molar-refractivity contribution in [3.05, 3.63) is 29.3 Å². The van der Waals surface area contributed by atoms with E-state index in [2.05, 4.69) is 19.2 Å². The Hall–Kier alpha value is -1.51. The number of hydrogen-bond acceptors (Lipinski definition) is 3. The summed E-state index contributed by atoms with van der Waals surface area (Å²) in [4.78, 5) is 11.9. The van der Waals surface area contributed by atoms with Gasteiger partial charge >= 0.3 is 5.97 Å². The molecule has 1 fully saturated rings. The zero-order chi connectivity index (χ0) is 15.4. The number of methoxy groups -OCH3 is 1. The lowest BCUT2D eigenvalue weighted by Crippen LogP contribution is -2.30. The molecule has 1 aromatic rings. The highest BCUT2D eigenvalue weighted by Gasteiger charge is 2.25. The Morgan fingerprint density at radius 1 is 1.33 bits per heavy atom. The standard InChI is InChI=1S/C18H27NO2/c1-12(2)14-6-5-7-15(11-14)19-17-9-8-13(3)10-16(17)18(20)21-4/h8-10,12,14-15,19H,5-7,11H2,1-4H3. The van der Waals surface area contributed by atoms with E-state index in [1.165, 1.54) is 32.8 Å². The lowest BCUT2D eigenvalue weighted by atomic mass is 9.79. The van der Waals surface area contributed by atoms with Crippen LogP contribution in [0.3, 0.4) is 0 Å². The minimum absolute atomic E-state index is 0.266. The molecule has 1 N–H and O–H groups in total. The van der Waals surface area contributed by atoms with Crippen LogP contribution in [0.4, 0.5) is 5.69 Å². The van der Waals surface area contributed by atoms with Crippen LogP contribution in [-0.4, -0.2) is 19.1 Å². The van der Waals surface area contributed by atoms with E-state index in [1.54, 1.807) is 0 Å². The van der Waals surface area contributed by atoms with Crippen molar-refractivity contribution < 1.29 is 9.53 Å². The molecule has 1 aliphatic rings. The van der Waals surface area contributed by atoms with Crippen LogP contribution in [0.2, 0.25) is 0 Å². The molecule has 2 unspecified atom stereocenters. The highest BCUT2D eigenvalue weighted by Crippen LogP contribution is 2.32. The maximum absolute atomic E-state index is 11.9. The topological polar surface area (TPSA) is 38.3 Å². The molecule has 0 heterocycles. The van der Waals surface area contributed by atoms with Gasteiger partial charge in [-0.25, -0.2) is 4.79 Å². The predicted octanol–water partition coefficient (Wildman–Crippen LogP) is 4.41. The fourth-order valence-corrected chi connectivity index (χ4v) is 3.25. The van der Waals surface area contributed by atoms with Crippen LogP contribution < -0.4 is 5.32 Å². The van der Waals surface area contributed by atoms with Crippen molar-refractivity contribution in [3.8, 4) is 0 Å². The van der Waals surface area contributed by atoms with Gasteiger partial charge in [-0.3, -0.25) is 0 Å². The van der Waals surface area contributed by atoms with Gasteiger partial charge in [0.1, 0.15) is 0 Å². The molecule has 2 rings (SSSR count). The number of hydrogen-bond donors (Lipinski definition) is 1. The average Bonchev–Trinajstić information content (AvgIpc) is 2.48. The SMILES string of the molecule is COC(=O)c1cc(C)ccc1NC1CCCC(C(C)C)C1. The van der Waals surface area contributed by atoms with Crippen LogP contribution in [0.25, 0.3) is 0 Å². The summed E-state index contributed by atoms with van der Waals surface area (Å²) in [5.41, 5.74) is 2.62. The molecule has 0 aromatic heterocycles. The molecule has 0 aliphatic heterocycles. The maximum Gasteiger partial charge on any atom is 0.339 e. The van der Waals surface area contributed by atoms with Crippen molar-refractivity contribution in [2.45, 2.75) is 52.5 Å². The summed E-state index contributed by atoms with van der Waals surface area (Å²) < 4.78 is 4.90. The molecule has 1 aromatic carbocycles. The summed E-state index contributed by atoms with van der Waals surface area (Å²) in [7, 11) is 1.43. The van der Waals surface area contributed by atoms with Gasteiger partial charge < -0.3 is 10.1 Å². The molecule has 0 saturated heterocycles. The van der Waals surface area contributed by atoms with Crippen LogP contribution in [-0.2, 0) is 4.74 Å². The summed E-state index contributed by atoms with van der Waals surface area (Å²) in [5, 5.41) is 3.58. The van der Waals surface area contributed by atoms with Crippen LogP contribution in [0.1, 0.15) is 55.5 Å². The van der Waals surface area contributed by atoms with Gasteiger partial charge in [-0.15, -0.1) is 0 Å². The predicted molar refractivity (Wildman–Crippen MR) is 86.7 cm³/mol. The Labute approximate surface area is 128 Å². The van der Waals surface area contributed by atoms with Crippen LogP contribution in [0.5, 0.6) is 0 Å². The number of aryl methyl sites for hydroxylation is 1. The quantitative estimate of drug-likeness (QED) is 0.834. The lowest BCUT2D eigenvalue weighted by Gasteiger charge is -2.33. The fraction of sp³-hybridized carbons (Fsp3) is 0.611. The maximum atomic E-state index is 11.9. The van der Waals surface area contributed by atoms with E-state index in [-0.39, 0.29) is 5.97 Å². The van der Waals surface area contributed by atoms with Gasteiger partial charge in [0.2, 0.25) is 0 Å². The van der Waals surface area contributed by atoms with E-state index >= 15 is 0 Å². The number of ether oxygens (including phenoxy) is 1. The summed E-state index contributed by atoms with van der Waals surface area (Å²) in [6.45, 7) is 6.60. The van der Waals surface area contributed by atoms with Crippen LogP contribution >= 0.6 is 0 Å². The average molecular weight is 289 g/mol. The summed E-state index contributed by atoms with van der Waals surface area (Å²) >= 11 is 0. The Kier molecular flexibility index (Phi) is 5.27.